The standard InChI is InChI=1S/C12H19N5O.HI/c1-2-3-7-15-12(13)16-9-11(18)17-10-5-4-6-14-8-10;/h4-6,8H,2-3,7,9H2,1H3,(H,17,18)(H3,13,15,16);1H. The lowest BCUT2D eigenvalue weighted by Gasteiger charge is -2.05. The van der Waals surface area contributed by atoms with Crippen LogP contribution in [-0.4, -0.2) is 29.9 Å². The van der Waals surface area contributed by atoms with Gasteiger partial charge in [0.05, 0.1) is 11.9 Å². The number of guanidine groups is 1. The van der Waals surface area contributed by atoms with Crippen LogP contribution in [-0.2, 0) is 4.79 Å². The number of nitrogens with two attached hydrogens (primary N) is 1. The van der Waals surface area contributed by atoms with E-state index in [2.05, 4.69) is 27.5 Å². The molecule has 0 saturated carbocycles. The average molecular weight is 377 g/mol. The molecule has 0 bridgehead atoms. The number of aliphatic imine (C=N–C) groups is 1. The highest BCUT2D eigenvalue weighted by Crippen LogP contribution is 2.01. The monoisotopic (exact) mass is 377 g/mol. The fourth-order valence-electron chi connectivity index (χ4n) is 1.24. The van der Waals surface area contributed by atoms with E-state index in [4.69, 9.17) is 5.73 Å². The summed E-state index contributed by atoms with van der Waals surface area (Å²) in [5.74, 6) is 0.0769. The molecule has 1 aromatic heterocycles. The molecular weight excluding hydrogens is 357 g/mol. The number of anilines is 1. The predicted molar refractivity (Wildman–Crippen MR) is 87.7 cm³/mol. The maximum atomic E-state index is 11.5. The Bertz CT molecular complexity index is 396. The molecule has 0 radical (unpaired) electrons. The second kappa shape index (κ2) is 10.5. The first kappa shape index (κ1) is 17.6. The van der Waals surface area contributed by atoms with E-state index >= 15 is 0 Å². The number of pyridine rings is 1. The van der Waals surface area contributed by atoms with Crippen molar-refractivity contribution in [1.82, 2.24) is 10.3 Å². The predicted octanol–water partition coefficient (Wildman–Crippen LogP) is 1.34. The van der Waals surface area contributed by atoms with Crippen LogP contribution in [0.5, 0.6) is 0 Å². The third-order valence-electron chi connectivity index (χ3n) is 2.17. The Balaban J connectivity index is 0.00000324. The SMILES string of the molecule is CCCCNC(N)=NCC(=O)Nc1cccnc1.I. The molecule has 0 aliphatic heterocycles. The minimum Gasteiger partial charge on any atom is -0.370 e. The molecule has 7 heteroatoms. The number of rotatable bonds is 6. The van der Waals surface area contributed by atoms with E-state index in [9.17, 15) is 4.79 Å². The van der Waals surface area contributed by atoms with Crippen molar-refractivity contribution in [3.63, 3.8) is 0 Å². The lowest BCUT2D eigenvalue weighted by Crippen LogP contribution is -2.33. The number of aromatic nitrogens is 1. The van der Waals surface area contributed by atoms with Crippen LogP contribution in [0.2, 0.25) is 0 Å². The summed E-state index contributed by atoms with van der Waals surface area (Å²) in [5.41, 5.74) is 6.25. The molecule has 0 fully saturated rings. The van der Waals surface area contributed by atoms with Gasteiger partial charge in [-0.1, -0.05) is 13.3 Å². The maximum absolute atomic E-state index is 11.5. The molecule has 1 aromatic rings. The van der Waals surface area contributed by atoms with Crippen molar-refractivity contribution in [2.24, 2.45) is 10.7 Å². The van der Waals surface area contributed by atoms with Crippen LogP contribution < -0.4 is 16.4 Å². The molecule has 0 unspecified atom stereocenters. The quantitative estimate of drug-likeness (QED) is 0.302. The lowest BCUT2D eigenvalue weighted by atomic mass is 10.3. The van der Waals surface area contributed by atoms with E-state index in [1.54, 1.807) is 24.5 Å². The van der Waals surface area contributed by atoms with E-state index in [1.807, 2.05) is 0 Å². The zero-order valence-electron chi connectivity index (χ0n) is 10.9. The van der Waals surface area contributed by atoms with Gasteiger partial charge in [0.1, 0.15) is 6.54 Å². The van der Waals surface area contributed by atoms with Gasteiger partial charge in [-0.05, 0) is 18.6 Å². The number of hydrogen-bond donors (Lipinski definition) is 3. The molecule has 0 saturated heterocycles. The Hall–Kier alpha value is -1.38. The summed E-state index contributed by atoms with van der Waals surface area (Å²) in [6, 6.07) is 3.51. The Morgan fingerprint density at radius 2 is 2.32 bits per heavy atom. The van der Waals surface area contributed by atoms with Crippen molar-refractivity contribution in [3.05, 3.63) is 24.5 Å². The Kier molecular flexibility index (Phi) is 9.77. The second-order valence-electron chi connectivity index (χ2n) is 3.77. The second-order valence-corrected chi connectivity index (χ2v) is 3.77. The summed E-state index contributed by atoms with van der Waals surface area (Å²) in [5, 5.41) is 5.61. The highest BCUT2D eigenvalue weighted by Gasteiger charge is 2.01. The lowest BCUT2D eigenvalue weighted by molar-refractivity contribution is -0.114. The van der Waals surface area contributed by atoms with Crippen LogP contribution in [0.4, 0.5) is 5.69 Å². The number of hydrogen-bond acceptors (Lipinski definition) is 3. The van der Waals surface area contributed by atoms with Crippen molar-refractivity contribution in [2.75, 3.05) is 18.4 Å². The van der Waals surface area contributed by atoms with Crippen LogP contribution in [0.1, 0.15) is 19.8 Å². The molecule has 0 atom stereocenters. The molecule has 106 valence electrons. The first-order valence-electron chi connectivity index (χ1n) is 5.96. The molecule has 6 nitrogen and oxygen atoms in total. The van der Waals surface area contributed by atoms with Gasteiger partial charge >= 0.3 is 0 Å². The van der Waals surface area contributed by atoms with Gasteiger partial charge in [-0.15, -0.1) is 24.0 Å². The van der Waals surface area contributed by atoms with Gasteiger partial charge in [0.2, 0.25) is 5.91 Å². The number of halogens is 1. The van der Waals surface area contributed by atoms with Gasteiger partial charge in [0.25, 0.3) is 0 Å². The van der Waals surface area contributed by atoms with E-state index in [1.165, 1.54) is 0 Å². The molecule has 1 amide bonds. The van der Waals surface area contributed by atoms with E-state index in [0.717, 1.165) is 19.4 Å². The largest absolute Gasteiger partial charge is 0.370 e. The summed E-state index contributed by atoms with van der Waals surface area (Å²) in [4.78, 5) is 19.4. The highest BCUT2D eigenvalue weighted by molar-refractivity contribution is 14.0. The van der Waals surface area contributed by atoms with Crippen molar-refractivity contribution in [3.8, 4) is 0 Å². The topological polar surface area (TPSA) is 92.4 Å². The van der Waals surface area contributed by atoms with Crippen LogP contribution in [0.15, 0.2) is 29.5 Å². The first-order valence-corrected chi connectivity index (χ1v) is 5.96. The van der Waals surface area contributed by atoms with E-state index in [0.29, 0.717) is 11.6 Å². The zero-order chi connectivity index (χ0) is 13.2. The van der Waals surface area contributed by atoms with Crippen LogP contribution in [0.25, 0.3) is 0 Å². The molecule has 0 aromatic carbocycles. The van der Waals surface area contributed by atoms with E-state index in [-0.39, 0.29) is 36.4 Å². The molecule has 4 N–H and O–H groups in total. The number of carbonyl (C=O) groups excluding carboxylic acids is 1. The summed E-state index contributed by atoms with van der Waals surface area (Å²) in [6.07, 6.45) is 5.33. The zero-order valence-corrected chi connectivity index (χ0v) is 13.3. The Morgan fingerprint density at radius 1 is 1.53 bits per heavy atom. The van der Waals surface area contributed by atoms with Crippen LogP contribution in [0, 0.1) is 0 Å². The fourth-order valence-corrected chi connectivity index (χ4v) is 1.24. The molecule has 1 heterocycles. The average Bonchev–Trinajstić information content (AvgIpc) is 2.38. The normalized spacial score (nSPS) is 10.5. The van der Waals surface area contributed by atoms with Crippen LogP contribution >= 0.6 is 24.0 Å². The fraction of sp³-hybridized carbons (Fsp3) is 0.417. The number of unbranched alkanes of at least 4 members (excludes halogenated alkanes) is 1. The summed E-state index contributed by atoms with van der Waals surface area (Å²) >= 11 is 0. The highest BCUT2D eigenvalue weighted by atomic mass is 127. The maximum Gasteiger partial charge on any atom is 0.246 e. The van der Waals surface area contributed by atoms with Gasteiger partial charge < -0.3 is 16.4 Å². The molecule has 19 heavy (non-hydrogen) atoms. The molecule has 0 spiro atoms. The minimum absolute atomic E-state index is 0. The number of amides is 1. The van der Waals surface area contributed by atoms with Gasteiger partial charge in [-0.3, -0.25) is 9.78 Å². The Morgan fingerprint density at radius 3 is 2.95 bits per heavy atom. The molecule has 0 aliphatic carbocycles. The number of nitrogens with one attached hydrogen (secondary N) is 2. The number of nitrogens with zero attached hydrogens (tertiary/aromatic N) is 2. The van der Waals surface area contributed by atoms with Gasteiger partial charge in [-0.2, -0.15) is 0 Å². The first-order chi connectivity index (χ1) is 8.72. The molecular formula is C12H20IN5O. The summed E-state index contributed by atoms with van der Waals surface area (Å²) < 4.78 is 0. The van der Waals surface area contributed by atoms with Crippen molar-refractivity contribution >= 4 is 41.5 Å². The van der Waals surface area contributed by atoms with Crippen molar-refractivity contribution in [2.45, 2.75) is 19.8 Å². The Labute approximate surface area is 130 Å². The third-order valence-corrected chi connectivity index (χ3v) is 2.17. The minimum atomic E-state index is -0.219. The van der Waals surface area contributed by atoms with E-state index < -0.39 is 0 Å². The van der Waals surface area contributed by atoms with Crippen molar-refractivity contribution in [1.29, 1.82) is 0 Å². The molecule has 1 rings (SSSR count). The van der Waals surface area contributed by atoms with Gasteiger partial charge in [0.15, 0.2) is 5.96 Å². The number of carbonyl (C=O) groups is 1. The van der Waals surface area contributed by atoms with Gasteiger partial charge in [0, 0.05) is 12.7 Å². The van der Waals surface area contributed by atoms with Crippen LogP contribution in [0.3, 0.4) is 0 Å². The summed E-state index contributed by atoms with van der Waals surface area (Å²) in [6.45, 7) is 2.87. The van der Waals surface area contributed by atoms with Gasteiger partial charge in [-0.25, -0.2) is 4.99 Å². The smallest absolute Gasteiger partial charge is 0.246 e. The summed E-state index contributed by atoms with van der Waals surface area (Å²) in [7, 11) is 0. The molecule has 0 aliphatic rings. The van der Waals surface area contributed by atoms with Crippen molar-refractivity contribution < 1.29 is 4.79 Å². The third kappa shape index (κ3) is 8.36.